The monoisotopic (exact) mass is 345 g/mol. The van der Waals surface area contributed by atoms with Crippen LogP contribution in [0.2, 0.25) is 0 Å². The SMILES string of the molecule is Cc1cc(=O)[nH]c(SCC(=O)N2CCC[C@H](c3ccncn3)C2)n1. The van der Waals surface area contributed by atoms with Gasteiger partial charge >= 0.3 is 0 Å². The molecule has 7 nitrogen and oxygen atoms in total. The number of aromatic amines is 1. The van der Waals surface area contributed by atoms with Gasteiger partial charge in [0.05, 0.1) is 5.75 Å². The molecule has 0 radical (unpaired) electrons. The summed E-state index contributed by atoms with van der Waals surface area (Å²) in [4.78, 5) is 40.9. The number of hydrogen-bond donors (Lipinski definition) is 1. The van der Waals surface area contributed by atoms with Crippen molar-refractivity contribution in [2.75, 3.05) is 18.8 Å². The van der Waals surface area contributed by atoms with E-state index in [4.69, 9.17) is 0 Å². The molecule has 1 aliphatic heterocycles. The van der Waals surface area contributed by atoms with E-state index in [0.717, 1.165) is 25.1 Å². The first-order chi connectivity index (χ1) is 11.6. The highest BCUT2D eigenvalue weighted by molar-refractivity contribution is 7.99. The minimum absolute atomic E-state index is 0.0583. The summed E-state index contributed by atoms with van der Waals surface area (Å²) in [6.07, 6.45) is 5.27. The van der Waals surface area contributed by atoms with E-state index in [0.29, 0.717) is 17.4 Å². The van der Waals surface area contributed by atoms with Gasteiger partial charge in [-0.05, 0) is 25.8 Å². The number of carbonyl (C=O) groups excluding carboxylic acids is 1. The maximum Gasteiger partial charge on any atom is 0.251 e. The Hall–Kier alpha value is -2.22. The Morgan fingerprint density at radius 1 is 1.50 bits per heavy atom. The molecule has 1 atom stereocenters. The van der Waals surface area contributed by atoms with Crippen molar-refractivity contribution < 1.29 is 4.79 Å². The molecule has 1 saturated heterocycles. The fourth-order valence-corrected chi connectivity index (χ4v) is 3.65. The lowest BCUT2D eigenvalue weighted by molar-refractivity contribution is -0.129. The van der Waals surface area contributed by atoms with Crippen LogP contribution < -0.4 is 5.56 Å². The number of aryl methyl sites for hydroxylation is 1. The fraction of sp³-hybridized carbons (Fsp3) is 0.438. The molecule has 3 rings (SSSR count). The highest BCUT2D eigenvalue weighted by Crippen LogP contribution is 2.25. The van der Waals surface area contributed by atoms with Crippen LogP contribution >= 0.6 is 11.8 Å². The first kappa shape index (κ1) is 16.6. The van der Waals surface area contributed by atoms with Crippen LogP contribution in [0.5, 0.6) is 0 Å². The summed E-state index contributed by atoms with van der Waals surface area (Å²) in [5.41, 5.74) is 1.44. The highest BCUT2D eigenvalue weighted by Gasteiger charge is 2.25. The Balaban J connectivity index is 1.59. The third-order valence-electron chi connectivity index (χ3n) is 3.98. The van der Waals surface area contributed by atoms with E-state index in [-0.39, 0.29) is 23.1 Å². The first-order valence-electron chi connectivity index (χ1n) is 7.86. The van der Waals surface area contributed by atoms with Crippen molar-refractivity contribution in [3.8, 4) is 0 Å². The Morgan fingerprint density at radius 2 is 2.38 bits per heavy atom. The zero-order chi connectivity index (χ0) is 16.9. The van der Waals surface area contributed by atoms with Crippen LogP contribution in [0.15, 0.2) is 34.6 Å². The second-order valence-corrected chi connectivity index (χ2v) is 6.76. The number of nitrogens with one attached hydrogen (secondary N) is 1. The predicted octanol–water partition coefficient (Wildman–Crippen LogP) is 1.37. The van der Waals surface area contributed by atoms with E-state index in [1.165, 1.54) is 17.8 Å². The molecule has 0 saturated carbocycles. The zero-order valence-corrected chi connectivity index (χ0v) is 14.3. The average Bonchev–Trinajstić information content (AvgIpc) is 2.60. The second-order valence-electron chi connectivity index (χ2n) is 5.79. The average molecular weight is 345 g/mol. The third-order valence-corrected chi connectivity index (χ3v) is 4.84. The van der Waals surface area contributed by atoms with Gasteiger partial charge in [-0.3, -0.25) is 9.59 Å². The molecule has 2 aromatic rings. The molecule has 0 aliphatic carbocycles. The smallest absolute Gasteiger partial charge is 0.251 e. The minimum Gasteiger partial charge on any atom is -0.341 e. The first-order valence-corrected chi connectivity index (χ1v) is 8.85. The molecule has 3 heterocycles. The molecule has 0 unspecified atom stereocenters. The molecule has 8 heteroatoms. The van der Waals surface area contributed by atoms with Crippen LogP contribution in [0.25, 0.3) is 0 Å². The second kappa shape index (κ2) is 7.57. The van der Waals surface area contributed by atoms with Crippen molar-refractivity contribution in [1.82, 2.24) is 24.8 Å². The van der Waals surface area contributed by atoms with E-state index in [9.17, 15) is 9.59 Å². The summed E-state index contributed by atoms with van der Waals surface area (Å²) in [6.45, 7) is 3.20. The number of nitrogens with zero attached hydrogens (tertiary/aromatic N) is 4. The summed E-state index contributed by atoms with van der Waals surface area (Å²) in [5.74, 6) is 0.582. The molecule has 2 aromatic heterocycles. The summed E-state index contributed by atoms with van der Waals surface area (Å²) in [5, 5.41) is 0.484. The number of aromatic nitrogens is 4. The van der Waals surface area contributed by atoms with Gasteiger partial charge in [-0.15, -0.1) is 0 Å². The normalized spacial score (nSPS) is 17.7. The van der Waals surface area contributed by atoms with Gasteiger partial charge in [0.1, 0.15) is 6.33 Å². The van der Waals surface area contributed by atoms with Crippen molar-refractivity contribution in [3.05, 3.63) is 46.4 Å². The molecule has 0 aromatic carbocycles. The van der Waals surface area contributed by atoms with Crippen molar-refractivity contribution in [2.24, 2.45) is 0 Å². The van der Waals surface area contributed by atoms with Gasteiger partial charge in [-0.2, -0.15) is 0 Å². The number of H-pyrrole nitrogens is 1. The Morgan fingerprint density at radius 3 is 3.12 bits per heavy atom. The Kier molecular flexibility index (Phi) is 5.24. The van der Waals surface area contributed by atoms with E-state index < -0.39 is 0 Å². The van der Waals surface area contributed by atoms with Gasteiger partial charge in [0.2, 0.25) is 5.91 Å². The van der Waals surface area contributed by atoms with Gasteiger partial charge in [0.15, 0.2) is 5.16 Å². The minimum atomic E-state index is -0.195. The topological polar surface area (TPSA) is 91.8 Å². The largest absolute Gasteiger partial charge is 0.341 e. The molecule has 0 bridgehead atoms. The number of amides is 1. The third kappa shape index (κ3) is 4.19. The Labute approximate surface area is 143 Å². The van der Waals surface area contributed by atoms with Crippen LogP contribution in [0.3, 0.4) is 0 Å². The van der Waals surface area contributed by atoms with Gasteiger partial charge in [-0.1, -0.05) is 11.8 Å². The van der Waals surface area contributed by atoms with Crippen molar-refractivity contribution >= 4 is 17.7 Å². The van der Waals surface area contributed by atoms with E-state index >= 15 is 0 Å². The fourth-order valence-electron chi connectivity index (χ4n) is 2.83. The Bertz CT molecular complexity index is 765. The van der Waals surface area contributed by atoms with Gasteiger partial charge in [0.25, 0.3) is 5.56 Å². The van der Waals surface area contributed by atoms with E-state index in [2.05, 4.69) is 19.9 Å². The lowest BCUT2D eigenvalue weighted by atomic mass is 9.94. The number of likely N-dealkylation sites (tertiary alicyclic amines) is 1. The highest BCUT2D eigenvalue weighted by atomic mass is 32.2. The molecule has 1 fully saturated rings. The maximum atomic E-state index is 12.5. The molecule has 1 N–H and O–H groups in total. The quantitative estimate of drug-likeness (QED) is 0.665. The molecule has 126 valence electrons. The van der Waals surface area contributed by atoms with Gasteiger partial charge < -0.3 is 9.88 Å². The van der Waals surface area contributed by atoms with Gasteiger partial charge in [-0.25, -0.2) is 15.0 Å². The van der Waals surface area contributed by atoms with Crippen LogP contribution in [0.4, 0.5) is 0 Å². The number of hydrogen-bond acceptors (Lipinski definition) is 6. The molecular formula is C16H19N5O2S. The molecule has 24 heavy (non-hydrogen) atoms. The molecular weight excluding hydrogens is 326 g/mol. The van der Waals surface area contributed by atoms with E-state index in [1.807, 2.05) is 11.0 Å². The number of thioether (sulfide) groups is 1. The summed E-state index contributed by atoms with van der Waals surface area (Å²) in [7, 11) is 0. The van der Waals surface area contributed by atoms with Crippen LogP contribution in [0.1, 0.15) is 30.1 Å². The van der Waals surface area contributed by atoms with Crippen LogP contribution in [-0.4, -0.2) is 49.6 Å². The lowest BCUT2D eigenvalue weighted by Gasteiger charge is -2.32. The maximum absolute atomic E-state index is 12.5. The number of piperidine rings is 1. The van der Waals surface area contributed by atoms with Crippen molar-refractivity contribution in [3.63, 3.8) is 0 Å². The predicted molar refractivity (Wildman–Crippen MR) is 90.9 cm³/mol. The molecule has 1 aliphatic rings. The lowest BCUT2D eigenvalue weighted by Crippen LogP contribution is -2.40. The number of carbonyl (C=O) groups is 1. The summed E-state index contributed by atoms with van der Waals surface area (Å²) >= 11 is 1.26. The summed E-state index contributed by atoms with van der Waals surface area (Å²) in [6, 6.07) is 3.34. The molecule has 1 amide bonds. The van der Waals surface area contributed by atoms with E-state index in [1.54, 1.807) is 19.4 Å². The zero-order valence-electron chi connectivity index (χ0n) is 13.4. The van der Waals surface area contributed by atoms with Crippen LogP contribution in [-0.2, 0) is 4.79 Å². The number of rotatable bonds is 4. The van der Waals surface area contributed by atoms with Crippen molar-refractivity contribution in [2.45, 2.75) is 30.8 Å². The van der Waals surface area contributed by atoms with Gasteiger partial charge in [0, 0.05) is 42.7 Å². The molecule has 0 spiro atoms. The summed E-state index contributed by atoms with van der Waals surface area (Å²) < 4.78 is 0. The van der Waals surface area contributed by atoms with Crippen LogP contribution in [0, 0.1) is 6.92 Å². The van der Waals surface area contributed by atoms with Crippen molar-refractivity contribution in [1.29, 1.82) is 0 Å². The standard InChI is InChI=1S/C16H19N5O2S/c1-11-7-14(22)20-16(19-11)24-9-15(23)21-6-2-3-12(8-21)13-4-5-17-10-18-13/h4-5,7,10,12H,2-3,6,8-9H2,1H3,(H,19,20,22)/t12-/m0/s1.